The molecule has 0 atom stereocenters. The second-order valence-corrected chi connectivity index (χ2v) is 4.26. The van der Waals surface area contributed by atoms with Gasteiger partial charge in [0.05, 0.1) is 10.5 Å². The lowest BCUT2D eigenvalue weighted by Gasteiger charge is -2.09. The summed E-state index contributed by atoms with van der Waals surface area (Å²) >= 11 is 0. The number of ether oxygens (including phenoxy) is 1. The van der Waals surface area contributed by atoms with Crippen molar-refractivity contribution in [3.63, 3.8) is 0 Å². The molecule has 0 heterocycles. The topological polar surface area (TPSA) is 89.7 Å². The average Bonchev–Trinajstić information content (AvgIpc) is 2.41. The molecule has 0 aliphatic carbocycles. The summed E-state index contributed by atoms with van der Waals surface area (Å²) < 4.78 is 18.4. The highest BCUT2D eigenvalue weighted by Gasteiger charge is 2.19. The molecule has 108 valence electrons. The molecule has 0 amide bonds. The first-order valence-electron chi connectivity index (χ1n) is 5.84. The standard InChI is InChI=1S/C14H10FNO5/c1-8-6-10(15)3-5-12(8)21-13-7-9(14(17)18)2-4-11(13)16(19)20/h2-7H,1H3,(H,17,18). The van der Waals surface area contributed by atoms with Crippen LogP contribution in [0.5, 0.6) is 11.5 Å². The van der Waals surface area contributed by atoms with Gasteiger partial charge in [0.2, 0.25) is 5.75 Å². The number of nitro groups is 1. The summed E-state index contributed by atoms with van der Waals surface area (Å²) in [5.41, 5.74) is -0.0795. The summed E-state index contributed by atoms with van der Waals surface area (Å²) in [6.45, 7) is 1.57. The Hall–Kier alpha value is -2.96. The normalized spacial score (nSPS) is 10.2. The second kappa shape index (κ2) is 5.58. The van der Waals surface area contributed by atoms with E-state index in [0.717, 1.165) is 24.3 Å². The van der Waals surface area contributed by atoms with Gasteiger partial charge < -0.3 is 9.84 Å². The molecule has 0 saturated carbocycles. The van der Waals surface area contributed by atoms with Crippen LogP contribution in [0.25, 0.3) is 0 Å². The molecule has 2 aromatic rings. The minimum Gasteiger partial charge on any atom is -0.478 e. The van der Waals surface area contributed by atoms with E-state index in [0.29, 0.717) is 5.56 Å². The lowest BCUT2D eigenvalue weighted by molar-refractivity contribution is -0.385. The molecule has 2 aromatic carbocycles. The van der Waals surface area contributed by atoms with E-state index in [9.17, 15) is 19.3 Å². The maximum atomic E-state index is 13.0. The fourth-order valence-corrected chi connectivity index (χ4v) is 1.73. The molecule has 0 bridgehead atoms. The van der Waals surface area contributed by atoms with E-state index in [-0.39, 0.29) is 22.7 Å². The number of hydrogen-bond acceptors (Lipinski definition) is 4. The van der Waals surface area contributed by atoms with Gasteiger partial charge in [0.25, 0.3) is 0 Å². The molecule has 1 N–H and O–H groups in total. The predicted octanol–water partition coefficient (Wildman–Crippen LogP) is 3.53. The van der Waals surface area contributed by atoms with Crippen molar-refractivity contribution < 1.29 is 24.0 Å². The van der Waals surface area contributed by atoms with Crippen LogP contribution in [-0.2, 0) is 0 Å². The Kier molecular flexibility index (Phi) is 3.84. The average molecular weight is 291 g/mol. The van der Waals surface area contributed by atoms with Crippen LogP contribution in [0, 0.1) is 22.9 Å². The van der Waals surface area contributed by atoms with Crippen LogP contribution in [0.15, 0.2) is 36.4 Å². The zero-order valence-electron chi connectivity index (χ0n) is 10.9. The van der Waals surface area contributed by atoms with Gasteiger partial charge in [0.15, 0.2) is 0 Å². The van der Waals surface area contributed by atoms with Crippen LogP contribution in [0.2, 0.25) is 0 Å². The third-order valence-electron chi connectivity index (χ3n) is 2.76. The maximum Gasteiger partial charge on any atom is 0.335 e. The third kappa shape index (κ3) is 3.14. The van der Waals surface area contributed by atoms with Crippen molar-refractivity contribution in [2.24, 2.45) is 0 Å². The maximum absolute atomic E-state index is 13.0. The molecule has 0 radical (unpaired) electrons. The highest BCUT2D eigenvalue weighted by molar-refractivity contribution is 5.88. The summed E-state index contributed by atoms with van der Waals surface area (Å²) in [4.78, 5) is 21.2. The molecule has 0 spiro atoms. The number of benzene rings is 2. The minimum absolute atomic E-state index is 0.143. The molecule has 0 unspecified atom stereocenters. The van der Waals surface area contributed by atoms with Crippen LogP contribution in [0.4, 0.5) is 10.1 Å². The number of halogens is 1. The van der Waals surface area contributed by atoms with Gasteiger partial charge >= 0.3 is 11.7 Å². The first-order valence-corrected chi connectivity index (χ1v) is 5.84. The number of aryl methyl sites for hydroxylation is 1. The van der Waals surface area contributed by atoms with Gasteiger partial charge in [-0.25, -0.2) is 9.18 Å². The monoisotopic (exact) mass is 291 g/mol. The molecule has 0 fully saturated rings. The van der Waals surface area contributed by atoms with Gasteiger partial charge in [-0.1, -0.05) is 0 Å². The molecule has 0 saturated heterocycles. The van der Waals surface area contributed by atoms with E-state index in [4.69, 9.17) is 9.84 Å². The van der Waals surface area contributed by atoms with Gasteiger partial charge in [-0.2, -0.15) is 0 Å². The van der Waals surface area contributed by atoms with Gasteiger partial charge in [0.1, 0.15) is 11.6 Å². The van der Waals surface area contributed by atoms with Crippen molar-refractivity contribution in [3.05, 3.63) is 63.5 Å². The largest absolute Gasteiger partial charge is 0.478 e. The van der Waals surface area contributed by atoms with Gasteiger partial charge in [-0.15, -0.1) is 0 Å². The van der Waals surface area contributed by atoms with Crippen LogP contribution in [-0.4, -0.2) is 16.0 Å². The fraction of sp³-hybridized carbons (Fsp3) is 0.0714. The molecule has 21 heavy (non-hydrogen) atoms. The Morgan fingerprint density at radius 1 is 1.24 bits per heavy atom. The minimum atomic E-state index is -1.23. The lowest BCUT2D eigenvalue weighted by atomic mass is 10.2. The lowest BCUT2D eigenvalue weighted by Crippen LogP contribution is -2.00. The second-order valence-electron chi connectivity index (χ2n) is 4.26. The SMILES string of the molecule is Cc1cc(F)ccc1Oc1cc(C(=O)O)ccc1[N+](=O)[O-]. The Bertz CT molecular complexity index is 729. The van der Waals surface area contributed by atoms with Crippen molar-refractivity contribution in [2.45, 2.75) is 6.92 Å². The van der Waals surface area contributed by atoms with Crippen LogP contribution in [0.1, 0.15) is 15.9 Å². The molecular formula is C14H10FNO5. The van der Waals surface area contributed by atoms with Crippen molar-refractivity contribution >= 4 is 11.7 Å². The van der Waals surface area contributed by atoms with Crippen molar-refractivity contribution in [1.29, 1.82) is 0 Å². The molecule has 2 rings (SSSR count). The Morgan fingerprint density at radius 3 is 2.52 bits per heavy atom. The van der Waals surface area contributed by atoms with Crippen LogP contribution in [0.3, 0.4) is 0 Å². The van der Waals surface area contributed by atoms with Crippen molar-refractivity contribution in [3.8, 4) is 11.5 Å². The number of nitro benzene ring substituents is 1. The quantitative estimate of drug-likeness (QED) is 0.687. The molecule has 0 aromatic heterocycles. The van der Waals surface area contributed by atoms with Crippen LogP contribution >= 0.6 is 0 Å². The number of carbonyl (C=O) groups is 1. The fourth-order valence-electron chi connectivity index (χ4n) is 1.73. The van der Waals surface area contributed by atoms with Crippen molar-refractivity contribution in [1.82, 2.24) is 0 Å². The Morgan fingerprint density at radius 2 is 1.95 bits per heavy atom. The summed E-state index contributed by atoms with van der Waals surface area (Å²) in [6.07, 6.45) is 0. The number of carboxylic acid groups (broad SMARTS) is 1. The number of hydrogen-bond donors (Lipinski definition) is 1. The Labute approximate surface area is 118 Å². The smallest absolute Gasteiger partial charge is 0.335 e. The zero-order valence-corrected chi connectivity index (χ0v) is 10.9. The highest BCUT2D eigenvalue weighted by Crippen LogP contribution is 2.33. The van der Waals surface area contributed by atoms with E-state index in [1.165, 1.54) is 12.1 Å². The van der Waals surface area contributed by atoms with E-state index >= 15 is 0 Å². The molecule has 6 nitrogen and oxygen atoms in total. The molecule has 0 aliphatic rings. The van der Waals surface area contributed by atoms with Crippen LogP contribution < -0.4 is 4.74 Å². The number of carboxylic acids is 1. The summed E-state index contributed by atoms with van der Waals surface area (Å²) in [6, 6.07) is 6.91. The summed E-state index contributed by atoms with van der Waals surface area (Å²) in [5.74, 6) is -1.70. The number of rotatable bonds is 4. The summed E-state index contributed by atoms with van der Waals surface area (Å²) in [7, 11) is 0. The molecule has 0 aliphatic heterocycles. The first-order chi connectivity index (χ1) is 9.88. The number of aromatic carboxylic acids is 1. The third-order valence-corrected chi connectivity index (χ3v) is 2.76. The molecule has 7 heteroatoms. The predicted molar refractivity (Wildman–Crippen MR) is 71.3 cm³/mol. The Balaban J connectivity index is 2.48. The first kappa shape index (κ1) is 14.4. The van der Waals surface area contributed by atoms with E-state index in [1.54, 1.807) is 6.92 Å². The summed E-state index contributed by atoms with van der Waals surface area (Å²) in [5, 5.41) is 19.9. The van der Waals surface area contributed by atoms with E-state index in [1.807, 2.05) is 0 Å². The van der Waals surface area contributed by atoms with Gasteiger partial charge in [0, 0.05) is 12.1 Å². The zero-order chi connectivity index (χ0) is 15.6. The van der Waals surface area contributed by atoms with Gasteiger partial charge in [-0.3, -0.25) is 10.1 Å². The van der Waals surface area contributed by atoms with Gasteiger partial charge in [-0.05, 0) is 36.8 Å². The van der Waals surface area contributed by atoms with E-state index < -0.39 is 16.7 Å². The van der Waals surface area contributed by atoms with E-state index in [2.05, 4.69) is 0 Å². The van der Waals surface area contributed by atoms with Crippen molar-refractivity contribution in [2.75, 3.05) is 0 Å². The number of nitrogens with zero attached hydrogens (tertiary/aromatic N) is 1. The highest BCUT2D eigenvalue weighted by atomic mass is 19.1. The molecular weight excluding hydrogens is 281 g/mol.